The molecule has 0 saturated carbocycles. The summed E-state index contributed by atoms with van der Waals surface area (Å²) in [6.07, 6.45) is 5.11. The highest BCUT2D eigenvalue weighted by molar-refractivity contribution is 5.81. The number of nitrogens with zero attached hydrogens (tertiary/aromatic N) is 2. The number of rotatable bonds is 5. The largest absolute Gasteiger partial charge is 0.340 e. The maximum absolute atomic E-state index is 11.8. The van der Waals surface area contributed by atoms with Gasteiger partial charge in [-0.25, -0.2) is 0 Å². The zero-order valence-electron chi connectivity index (χ0n) is 9.89. The summed E-state index contributed by atoms with van der Waals surface area (Å²) in [5.74, 6) is -0.00124. The summed E-state index contributed by atoms with van der Waals surface area (Å²) < 4.78 is 0. The molecule has 1 rings (SSSR count). The van der Waals surface area contributed by atoms with Crippen LogP contribution >= 0.6 is 0 Å². The number of carbonyl (C=O) groups excluding carboxylic acids is 1. The Kier molecular flexibility index (Phi) is 4.92. The molecule has 16 heavy (non-hydrogen) atoms. The van der Waals surface area contributed by atoms with Crippen molar-refractivity contribution >= 4 is 5.91 Å². The predicted molar refractivity (Wildman–Crippen MR) is 63.6 cm³/mol. The van der Waals surface area contributed by atoms with E-state index >= 15 is 0 Å². The average Bonchev–Trinajstić information content (AvgIpc) is 2.29. The monoisotopic (exact) mass is 221 g/mol. The van der Waals surface area contributed by atoms with Crippen LogP contribution in [0, 0.1) is 0 Å². The first-order valence-electron chi connectivity index (χ1n) is 5.54. The summed E-state index contributed by atoms with van der Waals surface area (Å²) in [5, 5.41) is 0. The number of pyridine rings is 1. The van der Waals surface area contributed by atoms with Gasteiger partial charge in [-0.3, -0.25) is 9.78 Å². The Hall–Kier alpha value is -1.42. The van der Waals surface area contributed by atoms with Gasteiger partial charge >= 0.3 is 0 Å². The lowest BCUT2D eigenvalue weighted by atomic mass is 10.1. The topological polar surface area (TPSA) is 59.2 Å². The first kappa shape index (κ1) is 12.6. The Balaban J connectivity index is 2.52. The Morgan fingerprint density at radius 2 is 2.12 bits per heavy atom. The van der Waals surface area contributed by atoms with E-state index < -0.39 is 0 Å². The molecule has 4 nitrogen and oxygen atoms in total. The molecule has 1 atom stereocenters. The summed E-state index contributed by atoms with van der Waals surface area (Å²) in [4.78, 5) is 17.4. The lowest BCUT2D eigenvalue weighted by molar-refractivity contribution is -0.131. The Morgan fingerprint density at radius 3 is 2.69 bits per heavy atom. The first-order chi connectivity index (χ1) is 7.65. The van der Waals surface area contributed by atoms with E-state index in [4.69, 9.17) is 5.73 Å². The fraction of sp³-hybridized carbons (Fsp3) is 0.500. The molecule has 1 heterocycles. The van der Waals surface area contributed by atoms with Crippen molar-refractivity contribution in [2.45, 2.75) is 32.4 Å². The molecule has 0 fully saturated rings. The van der Waals surface area contributed by atoms with Crippen molar-refractivity contribution in [3.8, 4) is 0 Å². The van der Waals surface area contributed by atoms with Gasteiger partial charge in [0.1, 0.15) is 0 Å². The molecule has 0 aliphatic rings. The highest BCUT2D eigenvalue weighted by Crippen LogP contribution is 2.04. The van der Waals surface area contributed by atoms with E-state index in [0.717, 1.165) is 18.4 Å². The SMILES string of the molecule is CCC[C@H](N)C(=O)N(C)Cc1ccncc1. The van der Waals surface area contributed by atoms with Crippen LogP contribution in [0.5, 0.6) is 0 Å². The molecule has 1 aromatic heterocycles. The van der Waals surface area contributed by atoms with Crippen LogP contribution in [0.4, 0.5) is 0 Å². The summed E-state index contributed by atoms with van der Waals surface area (Å²) in [6.45, 7) is 2.61. The van der Waals surface area contributed by atoms with E-state index in [9.17, 15) is 4.79 Å². The number of aromatic nitrogens is 1. The predicted octanol–water partition coefficient (Wildman–Crippen LogP) is 1.17. The number of likely N-dealkylation sites (N-methyl/N-ethyl adjacent to an activating group) is 1. The van der Waals surface area contributed by atoms with Crippen molar-refractivity contribution in [2.75, 3.05) is 7.05 Å². The van der Waals surface area contributed by atoms with Gasteiger partial charge in [0, 0.05) is 26.0 Å². The van der Waals surface area contributed by atoms with Crippen LogP contribution in [0.25, 0.3) is 0 Å². The quantitative estimate of drug-likeness (QED) is 0.812. The molecule has 0 aromatic carbocycles. The van der Waals surface area contributed by atoms with Gasteiger partial charge in [0.2, 0.25) is 5.91 Å². The van der Waals surface area contributed by atoms with E-state index in [1.807, 2.05) is 19.1 Å². The molecule has 0 bridgehead atoms. The van der Waals surface area contributed by atoms with Gasteiger partial charge in [-0.2, -0.15) is 0 Å². The first-order valence-corrected chi connectivity index (χ1v) is 5.54. The molecular formula is C12H19N3O. The van der Waals surface area contributed by atoms with Crippen LogP contribution in [-0.4, -0.2) is 28.9 Å². The van der Waals surface area contributed by atoms with Crippen molar-refractivity contribution in [1.29, 1.82) is 0 Å². The second-order valence-electron chi connectivity index (χ2n) is 3.94. The van der Waals surface area contributed by atoms with Crippen molar-refractivity contribution < 1.29 is 4.79 Å². The number of hydrogen-bond donors (Lipinski definition) is 1. The summed E-state index contributed by atoms with van der Waals surface area (Å²) in [6, 6.07) is 3.42. The molecule has 0 unspecified atom stereocenters. The highest BCUT2D eigenvalue weighted by atomic mass is 16.2. The van der Waals surface area contributed by atoms with E-state index in [1.165, 1.54) is 0 Å². The number of carbonyl (C=O) groups is 1. The van der Waals surface area contributed by atoms with E-state index in [2.05, 4.69) is 4.98 Å². The lowest BCUT2D eigenvalue weighted by Gasteiger charge is -2.21. The highest BCUT2D eigenvalue weighted by Gasteiger charge is 2.16. The summed E-state index contributed by atoms with van der Waals surface area (Å²) >= 11 is 0. The molecule has 0 spiro atoms. The number of hydrogen-bond acceptors (Lipinski definition) is 3. The van der Waals surface area contributed by atoms with Crippen LogP contribution in [-0.2, 0) is 11.3 Å². The third kappa shape index (κ3) is 3.62. The third-order valence-corrected chi connectivity index (χ3v) is 2.46. The zero-order chi connectivity index (χ0) is 12.0. The standard InChI is InChI=1S/C12H19N3O/c1-3-4-11(13)12(16)15(2)9-10-5-7-14-8-6-10/h5-8,11H,3-4,9,13H2,1-2H3/t11-/m0/s1. The van der Waals surface area contributed by atoms with Gasteiger partial charge in [0.15, 0.2) is 0 Å². The van der Waals surface area contributed by atoms with Crippen molar-refractivity contribution in [1.82, 2.24) is 9.88 Å². The Bertz CT molecular complexity index is 326. The molecule has 1 aromatic rings. The minimum absolute atomic E-state index is 0.00124. The maximum Gasteiger partial charge on any atom is 0.239 e. The van der Waals surface area contributed by atoms with Crippen LogP contribution < -0.4 is 5.73 Å². The van der Waals surface area contributed by atoms with Crippen molar-refractivity contribution in [3.63, 3.8) is 0 Å². The van der Waals surface area contributed by atoms with Gasteiger partial charge in [-0.1, -0.05) is 13.3 Å². The Morgan fingerprint density at radius 1 is 1.50 bits per heavy atom. The molecule has 4 heteroatoms. The van der Waals surface area contributed by atoms with Crippen molar-refractivity contribution in [3.05, 3.63) is 30.1 Å². The zero-order valence-corrected chi connectivity index (χ0v) is 9.89. The smallest absolute Gasteiger partial charge is 0.239 e. The van der Waals surface area contributed by atoms with Gasteiger partial charge in [0.05, 0.1) is 6.04 Å². The number of amides is 1. The van der Waals surface area contributed by atoms with E-state index in [0.29, 0.717) is 6.54 Å². The fourth-order valence-electron chi connectivity index (χ4n) is 1.56. The average molecular weight is 221 g/mol. The molecule has 1 amide bonds. The number of nitrogens with two attached hydrogens (primary N) is 1. The van der Waals surface area contributed by atoms with Gasteiger partial charge in [0.25, 0.3) is 0 Å². The van der Waals surface area contributed by atoms with E-state index in [-0.39, 0.29) is 11.9 Å². The normalized spacial score (nSPS) is 12.2. The third-order valence-electron chi connectivity index (χ3n) is 2.46. The van der Waals surface area contributed by atoms with Gasteiger partial charge in [-0.15, -0.1) is 0 Å². The fourth-order valence-corrected chi connectivity index (χ4v) is 1.56. The van der Waals surface area contributed by atoms with Crippen molar-refractivity contribution in [2.24, 2.45) is 5.73 Å². The van der Waals surface area contributed by atoms with Gasteiger partial charge in [-0.05, 0) is 24.1 Å². The van der Waals surface area contributed by atoms with Crippen LogP contribution in [0.15, 0.2) is 24.5 Å². The maximum atomic E-state index is 11.8. The molecule has 88 valence electrons. The van der Waals surface area contributed by atoms with Crippen LogP contribution in [0.1, 0.15) is 25.3 Å². The summed E-state index contributed by atoms with van der Waals surface area (Å²) in [7, 11) is 1.78. The molecule has 0 radical (unpaired) electrons. The molecule has 0 aliphatic carbocycles. The second-order valence-corrected chi connectivity index (χ2v) is 3.94. The minimum Gasteiger partial charge on any atom is -0.340 e. The molecule has 0 saturated heterocycles. The lowest BCUT2D eigenvalue weighted by Crippen LogP contribution is -2.41. The molecular weight excluding hydrogens is 202 g/mol. The Labute approximate surface area is 96.5 Å². The van der Waals surface area contributed by atoms with Gasteiger partial charge < -0.3 is 10.6 Å². The minimum atomic E-state index is -0.378. The van der Waals surface area contributed by atoms with Crippen LogP contribution in [0.3, 0.4) is 0 Å². The second kappa shape index (κ2) is 6.23. The van der Waals surface area contributed by atoms with E-state index in [1.54, 1.807) is 24.3 Å². The molecule has 0 aliphatic heterocycles. The summed E-state index contributed by atoms with van der Waals surface area (Å²) in [5.41, 5.74) is 6.84. The van der Waals surface area contributed by atoms with Crippen LogP contribution in [0.2, 0.25) is 0 Å². The molecule has 2 N–H and O–H groups in total.